The predicted octanol–water partition coefficient (Wildman–Crippen LogP) is 4.72. The maximum absolute atomic E-state index is 13.8. The Morgan fingerprint density at radius 3 is 2.52 bits per heavy atom. The Hall–Kier alpha value is -3.14. The molecule has 0 bridgehead atoms. The molecule has 0 aliphatic carbocycles. The smallest absolute Gasteiger partial charge is 0.325 e. The monoisotopic (exact) mass is 567 g/mol. The third kappa shape index (κ3) is 4.54. The van der Waals surface area contributed by atoms with Gasteiger partial charge in [0.2, 0.25) is 5.91 Å². The lowest BCUT2D eigenvalue weighted by Crippen LogP contribution is -2.55. The van der Waals surface area contributed by atoms with Gasteiger partial charge in [-0.05, 0) is 44.7 Å². The number of likely N-dealkylation sites (N-methyl/N-ethyl adjacent to an activating group) is 1. The molecule has 0 unspecified atom stereocenters. The number of aryl methyl sites for hydroxylation is 2. The number of hydrogen-bond acceptors (Lipinski definition) is 6. The topological polar surface area (TPSA) is 80.1 Å². The number of ether oxygens (including phenoxy) is 2. The summed E-state index contributed by atoms with van der Waals surface area (Å²) in [5.74, 6) is 2.08. The summed E-state index contributed by atoms with van der Waals surface area (Å²) in [6, 6.07) is 3.97. The zero-order chi connectivity index (χ0) is 28.8. The van der Waals surface area contributed by atoms with Crippen LogP contribution in [0.3, 0.4) is 0 Å². The summed E-state index contributed by atoms with van der Waals surface area (Å²) < 4.78 is 13.2. The summed E-state index contributed by atoms with van der Waals surface area (Å²) in [6.07, 6.45) is 4.59. The maximum atomic E-state index is 13.8. The zero-order valence-electron chi connectivity index (χ0n) is 24.7. The SMILES string of the molecule is CCc1c(C)nn(C)c1SCC(=O)N1CCC2(CC1)C1=C[C@H](C)c3c(cc(OC)cc3OC)CN1C(=O)N2CC. The first kappa shape index (κ1) is 28.4. The normalized spacial score (nSPS) is 19.9. The van der Waals surface area contributed by atoms with Crippen molar-refractivity contribution in [2.24, 2.45) is 7.05 Å². The Labute approximate surface area is 241 Å². The summed E-state index contributed by atoms with van der Waals surface area (Å²) in [7, 11) is 5.26. The predicted molar refractivity (Wildman–Crippen MR) is 156 cm³/mol. The van der Waals surface area contributed by atoms with Crippen molar-refractivity contribution in [1.29, 1.82) is 0 Å². The van der Waals surface area contributed by atoms with Crippen LogP contribution in [-0.4, -0.2) is 81.6 Å². The number of carbonyl (C=O) groups is 2. The van der Waals surface area contributed by atoms with Crippen LogP contribution in [0.2, 0.25) is 0 Å². The molecule has 1 aromatic carbocycles. The summed E-state index contributed by atoms with van der Waals surface area (Å²) >= 11 is 1.57. The van der Waals surface area contributed by atoms with E-state index in [1.807, 2.05) is 52.4 Å². The van der Waals surface area contributed by atoms with Crippen molar-refractivity contribution < 1.29 is 19.1 Å². The van der Waals surface area contributed by atoms with Crippen LogP contribution in [0.25, 0.3) is 0 Å². The summed E-state index contributed by atoms with van der Waals surface area (Å²) in [6.45, 7) is 10.7. The van der Waals surface area contributed by atoms with E-state index in [1.54, 1.807) is 26.0 Å². The second kappa shape index (κ2) is 11.0. The molecule has 1 spiro atoms. The number of methoxy groups -OCH3 is 2. The number of likely N-dealkylation sites (tertiary alicyclic amines) is 1. The maximum Gasteiger partial charge on any atom is 0.325 e. The molecule has 1 atom stereocenters. The molecule has 216 valence electrons. The van der Waals surface area contributed by atoms with Crippen molar-refractivity contribution in [3.63, 3.8) is 0 Å². The van der Waals surface area contributed by atoms with Crippen LogP contribution in [0.5, 0.6) is 11.5 Å². The quantitative estimate of drug-likeness (QED) is 0.451. The van der Waals surface area contributed by atoms with Crippen molar-refractivity contribution in [3.8, 4) is 11.5 Å². The molecule has 4 heterocycles. The van der Waals surface area contributed by atoms with Gasteiger partial charge in [0.1, 0.15) is 11.5 Å². The molecule has 9 nitrogen and oxygen atoms in total. The lowest BCUT2D eigenvalue weighted by Gasteiger charge is -2.44. The second-order valence-electron chi connectivity index (χ2n) is 10.9. The van der Waals surface area contributed by atoms with Gasteiger partial charge in [-0.2, -0.15) is 5.10 Å². The molecule has 0 N–H and O–H groups in total. The van der Waals surface area contributed by atoms with E-state index < -0.39 is 5.54 Å². The zero-order valence-corrected chi connectivity index (χ0v) is 25.6. The number of aromatic nitrogens is 2. The Kier molecular flexibility index (Phi) is 7.83. The molecular weight excluding hydrogens is 526 g/mol. The van der Waals surface area contributed by atoms with Gasteiger partial charge in [-0.3, -0.25) is 14.4 Å². The molecule has 3 aliphatic heterocycles. The summed E-state index contributed by atoms with van der Waals surface area (Å²) in [5, 5.41) is 5.61. The number of urea groups is 1. The third-order valence-corrected chi connectivity index (χ3v) is 10.0. The van der Waals surface area contributed by atoms with Crippen molar-refractivity contribution >= 4 is 23.7 Å². The first-order chi connectivity index (χ1) is 19.2. The minimum absolute atomic E-state index is 0.0320. The minimum atomic E-state index is -0.419. The van der Waals surface area contributed by atoms with Gasteiger partial charge in [-0.25, -0.2) is 4.79 Å². The summed E-state index contributed by atoms with van der Waals surface area (Å²) in [4.78, 5) is 33.1. The van der Waals surface area contributed by atoms with Gasteiger partial charge in [0.15, 0.2) is 0 Å². The molecule has 2 aromatic rings. The Balaban J connectivity index is 1.37. The Morgan fingerprint density at radius 2 is 1.90 bits per heavy atom. The Bertz CT molecular complexity index is 1340. The number of piperidine rings is 1. The van der Waals surface area contributed by atoms with E-state index in [-0.39, 0.29) is 17.9 Å². The van der Waals surface area contributed by atoms with Gasteiger partial charge in [-0.1, -0.05) is 31.7 Å². The van der Waals surface area contributed by atoms with Crippen LogP contribution in [-0.2, 0) is 24.8 Å². The molecule has 2 saturated heterocycles. The van der Waals surface area contributed by atoms with Gasteiger partial charge in [0.25, 0.3) is 0 Å². The average molecular weight is 568 g/mol. The highest BCUT2D eigenvalue weighted by Gasteiger charge is 2.55. The number of carbonyl (C=O) groups excluding carboxylic acids is 2. The molecule has 0 radical (unpaired) electrons. The van der Waals surface area contributed by atoms with E-state index in [0.29, 0.717) is 31.9 Å². The number of benzene rings is 1. The van der Waals surface area contributed by atoms with Crippen LogP contribution < -0.4 is 9.47 Å². The molecule has 3 aliphatic rings. The lowest BCUT2D eigenvalue weighted by molar-refractivity contribution is -0.130. The number of thioether (sulfide) groups is 1. The van der Waals surface area contributed by atoms with E-state index >= 15 is 0 Å². The number of fused-ring (bicyclic) bond motifs is 3. The number of hydrogen-bond donors (Lipinski definition) is 0. The fourth-order valence-electron chi connectivity index (χ4n) is 6.88. The van der Waals surface area contributed by atoms with Crippen molar-refractivity contribution in [3.05, 3.63) is 46.3 Å². The molecule has 40 heavy (non-hydrogen) atoms. The number of rotatable bonds is 7. The van der Waals surface area contributed by atoms with E-state index in [0.717, 1.165) is 58.3 Å². The lowest BCUT2D eigenvalue weighted by atomic mass is 9.82. The molecule has 1 aromatic heterocycles. The molecule has 2 fully saturated rings. The van der Waals surface area contributed by atoms with E-state index in [2.05, 4.69) is 25.0 Å². The largest absolute Gasteiger partial charge is 0.497 e. The fraction of sp³-hybridized carbons (Fsp3) is 0.567. The van der Waals surface area contributed by atoms with Gasteiger partial charge in [-0.15, -0.1) is 0 Å². The first-order valence-corrected chi connectivity index (χ1v) is 15.2. The van der Waals surface area contributed by atoms with Crippen LogP contribution in [0.4, 0.5) is 4.79 Å². The van der Waals surface area contributed by atoms with Gasteiger partial charge < -0.3 is 19.3 Å². The molecule has 10 heteroatoms. The fourth-order valence-corrected chi connectivity index (χ4v) is 8.02. The highest BCUT2D eigenvalue weighted by atomic mass is 32.2. The second-order valence-corrected chi connectivity index (χ2v) is 11.9. The van der Waals surface area contributed by atoms with E-state index in [9.17, 15) is 9.59 Å². The first-order valence-electron chi connectivity index (χ1n) is 14.2. The Morgan fingerprint density at radius 1 is 1.18 bits per heavy atom. The molecule has 3 amide bonds. The van der Waals surface area contributed by atoms with Gasteiger partial charge in [0.05, 0.1) is 42.8 Å². The van der Waals surface area contributed by atoms with Crippen LogP contribution in [0, 0.1) is 6.92 Å². The number of nitrogens with zero attached hydrogens (tertiary/aromatic N) is 5. The highest BCUT2D eigenvalue weighted by molar-refractivity contribution is 8.00. The van der Waals surface area contributed by atoms with Gasteiger partial charge in [0, 0.05) is 55.5 Å². The third-order valence-electron chi connectivity index (χ3n) is 8.83. The standard InChI is InChI=1S/C30H41N5O4S/c1-8-23-20(4)31-32(5)28(23)40-18-26(36)33-12-10-30(11-13-33)25-14-19(3)27-21(15-22(38-6)16-24(27)39-7)17-34(25)29(37)35(30)9-2/h14-16,19H,8-13,17-18H2,1-7H3/t19-/m0/s1. The van der Waals surface area contributed by atoms with E-state index in [4.69, 9.17) is 9.47 Å². The van der Waals surface area contributed by atoms with Gasteiger partial charge >= 0.3 is 6.03 Å². The number of allylic oxidation sites excluding steroid dienone is 1. The average Bonchev–Trinajstić information content (AvgIpc) is 3.26. The summed E-state index contributed by atoms with van der Waals surface area (Å²) in [5.41, 5.74) is 5.02. The van der Waals surface area contributed by atoms with Crippen molar-refractivity contribution in [1.82, 2.24) is 24.5 Å². The van der Waals surface area contributed by atoms with Crippen LogP contribution in [0.15, 0.2) is 28.9 Å². The van der Waals surface area contributed by atoms with Crippen molar-refractivity contribution in [2.75, 3.05) is 39.6 Å². The van der Waals surface area contributed by atoms with E-state index in [1.165, 1.54) is 5.56 Å². The van der Waals surface area contributed by atoms with Crippen LogP contribution in [0.1, 0.15) is 61.9 Å². The minimum Gasteiger partial charge on any atom is -0.497 e. The molecular formula is C30H41N5O4S. The van der Waals surface area contributed by atoms with Crippen molar-refractivity contribution in [2.45, 2.75) is 70.0 Å². The number of amides is 3. The van der Waals surface area contributed by atoms with Crippen LogP contribution >= 0.6 is 11.8 Å². The highest BCUT2D eigenvalue weighted by Crippen LogP contribution is 2.49. The molecule has 5 rings (SSSR count). The molecule has 0 saturated carbocycles.